The lowest BCUT2D eigenvalue weighted by Gasteiger charge is -2.17. The average molecular weight is 339 g/mol. The van der Waals surface area contributed by atoms with E-state index in [1.54, 1.807) is 29.4 Å². The number of anilines is 1. The van der Waals surface area contributed by atoms with E-state index in [-0.39, 0.29) is 29.0 Å². The SMILES string of the molecule is O=C(Nc1cccnc1)[C@H]1C[C@@]12CCN(C(=O)c1ccc(F)cc1)C2. The summed E-state index contributed by atoms with van der Waals surface area (Å²) in [5.74, 6) is -0.540. The number of nitrogens with zero attached hydrogens (tertiary/aromatic N) is 2. The van der Waals surface area contributed by atoms with Gasteiger partial charge in [0.2, 0.25) is 5.91 Å². The van der Waals surface area contributed by atoms with E-state index < -0.39 is 0 Å². The van der Waals surface area contributed by atoms with Gasteiger partial charge in [-0.2, -0.15) is 0 Å². The van der Waals surface area contributed by atoms with E-state index in [9.17, 15) is 14.0 Å². The van der Waals surface area contributed by atoms with Crippen molar-refractivity contribution in [2.24, 2.45) is 11.3 Å². The molecule has 2 aliphatic rings. The van der Waals surface area contributed by atoms with E-state index in [0.717, 1.165) is 12.8 Å². The minimum Gasteiger partial charge on any atom is -0.338 e. The molecular formula is C19H18FN3O2. The molecule has 2 amide bonds. The first-order chi connectivity index (χ1) is 12.1. The Bertz CT molecular complexity index is 809. The Hall–Kier alpha value is -2.76. The summed E-state index contributed by atoms with van der Waals surface area (Å²) in [5, 5.41) is 2.89. The molecule has 4 rings (SSSR count). The van der Waals surface area contributed by atoms with Crippen molar-refractivity contribution < 1.29 is 14.0 Å². The minimum absolute atomic E-state index is 0.0101. The number of carbonyl (C=O) groups is 2. The molecule has 0 bridgehead atoms. The highest BCUT2D eigenvalue weighted by Gasteiger charge is 2.61. The predicted octanol–water partition coefficient (Wildman–Crippen LogP) is 2.71. The van der Waals surface area contributed by atoms with Gasteiger partial charge in [0.25, 0.3) is 5.91 Å². The fourth-order valence-electron chi connectivity index (χ4n) is 3.68. The lowest BCUT2D eigenvalue weighted by atomic mass is 10.0. The molecule has 1 saturated heterocycles. The number of pyridine rings is 1. The Labute approximate surface area is 144 Å². The molecule has 0 unspecified atom stereocenters. The number of aromatic nitrogens is 1. The Kier molecular flexibility index (Phi) is 3.75. The summed E-state index contributed by atoms with van der Waals surface area (Å²) in [6, 6.07) is 9.17. The summed E-state index contributed by atoms with van der Waals surface area (Å²) >= 11 is 0. The molecule has 1 aromatic carbocycles. The lowest BCUT2D eigenvalue weighted by Crippen LogP contribution is -2.30. The van der Waals surface area contributed by atoms with E-state index >= 15 is 0 Å². The quantitative estimate of drug-likeness (QED) is 0.935. The maximum atomic E-state index is 13.0. The lowest BCUT2D eigenvalue weighted by molar-refractivity contribution is -0.118. The monoisotopic (exact) mass is 339 g/mol. The van der Waals surface area contributed by atoms with Crippen molar-refractivity contribution in [2.45, 2.75) is 12.8 Å². The summed E-state index contributed by atoms with van der Waals surface area (Å²) in [5.41, 5.74) is 1.06. The Balaban J connectivity index is 1.39. The van der Waals surface area contributed by atoms with Crippen LogP contribution in [0, 0.1) is 17.2 Å². The highest BCUT2D eigenvalue weighted by atomic mass is 19.1. The van der Waals surface area contributed by atoms with Gasteiger partial charge < -0.3 is 10.2 Å². The van der Waals surface area contributed by atoms with E-state index in [4.69, 9.17) is 0 Å². The van der Waals surface area contributed by atoms with Crippen LogP contribution in [-0.4, -0.2) is 34.8 Å². The topological polar surface area (TPSA) is 62.3 Å². The number of nitrogens with one attached hydrogen (secondary N) is 1. The third kappa shape index (κ3) is 2.99. The molecule has 1 N–H and O–H groups in total. The number of likely N-dealkylation sites (tertiary alicyclic amines) is 1. The first-order valence-electron chi connectivity index (χ1n) is 8.33. The van der Waals surface area contributed by atoms with Crippen LogP contribution in [0.5, 0.6) is 0 Å². The number of carbonyl (C=O) groups excluding carboxylic acids is 2. The maximum absolute atomic E-state index is 13.0. The van der Waals surface area contributed by atoms with Crippen LogP contribution in [0.15, 0.2) is 48.8 Å². The second-order valence-corrected chi connectivity index (χ2v) is 6.83. The fourth-order valence-corrected chi connectivity index (χ4v) is 3.68. The molecule has 2 heterocycles. The fraction of sp³-hybridized carbons (Fsp3) is 0.316. The molecule has 0 radical (unpaired) electrons. The Morgan fingerprint density at radius 1 is 1.24 bits per heavy atom. The molecule has 25 heavy (non-hydrogen) atoms. The normalized spacial score (nSPS) is 24.4. The summed E-state index contributed by atoms with van der Waals surface area (Å²) in [6.45, 7) is 1.21. The van der Waals surface area contributed by atoms with Crippen molar-refractivity contribution in [1.29, 1.82) is 0 Å². The molecule has 2 atom stereocenters. The Morgan fingerprint density at radius 2 is 2.04 bits per heavy atom. The van der Waals surface area contributed by atoms with Gasteiger partial charge >= 0.3 is 0 Å². The molecule has 5 nitrogen and oxygen atoms in total. The molecule has 1 aliphatic heterocycles. The number of hydrogen-bond acceptors (Lipinski definition) is 3. The van der Waals surface area contributed by atoms with Crippen LogP contribution in [-0.2, 0) is 4.79 Å². The van der Waals surface area contributed by atoms with Gasteiger partial charge in [-0.25, -0.2) is 4.39 Å². The summed E-state index contributed by atoms with van der Waals surface area (Å²) in [6.07, 6.45) is 4.90. The molecule has 1 spiro atoms. The zero-order chi connectivity index (χ0) is 17.4. The van der Waals surface area contributed by atoms with Crippen molar-refractivity contribution in [1.82, 2.24) is 9.88 Å². The van der Waals surface area contributed by atoms with Crippen LogP contribution in [0.3, 0.4) is 0 Å². The number of rotatable bonds is 3. The molecule has 128 valence electrons. The second kappa shape index (κ2) is 5.95. The summed E-state index contributed by atoms with van der Waals surface area (Å²) in [4.78, 5) is 30.7. The molecule has 2 aromatic rings. The van der Waals surface area contributed by atoms with Gasteiger partial charge in [-0.05, 0) is 49.2 Å². The molecule has 1 aromatic heterocycles. The average Bonchev–Trinajstić information content (AvgIpc) is 3.16. The van der Waals surface area contributed by atoms with E-state index in [2.05, 4.69) is 10.3 Å². The van der Waals surface area contributed by atoms with Gasteiger partial charge in [-0.3, -0.25) is 14.6 Å². The van der Waals surface area contributed by atoms with E-state index in [1.165, 1.54) is 24.3 Å². The van der Waals surface area contributed by atoms with Crippen LogP contribution in [0.4, 0.5) is 10.1 Å². The van der Waals surface area contributed by atoms with Crippen molar-refractivity contribution in [3.63, 3.8) is 0 Å². The molecule has 2 fully saturated rings. The van der Waals surface area contributed by atoms with Crippen LogP contribution >= 0.6 is 0 Å². The van der Waals surface area contributed by atoms with Crippen molar-refractivity contribution >= 4 is 17.5 Å². The molecular weight excluding hydrogens is 321 g/mol. The number of halogens is 1. The molecule has 1 aliphatic carbocycles. The smallest absolute Gasteiger partial charge is 0.253 e. The zero-order valence-electron chi connectivity index (χ0n) is 13.6. The van der Waals surface area contributed by atoms with Gasteiger partial charge in [-0.1, -0.05) is 0 Å². The minimum atomic E-state index is -0.358. The first-order valence-corrected chi connectivity index (χ1v) is 8.33. The summed E-state index contributed by atoms with van der Waals surface area (Å²) in [7, 11) is 0. The van der Waals surface area contributed by atoms with Crippen molar-refractivity contribution in [3.05, 3.63) is 60.2 Å². The highest BCUT2D eigenvalue weighted by Crippen LogP contribution is 2.58. The standard InChI is InChI=1S/C19H18FN3O2/c20-14-5-3-13(4-6-14)18(25)23-9-7-19(12-23)10-16(19)17(24)22-15-2-1-8-21-11-15/h1-6,8,11,16H,7,9-10,12H2,(H,22,24)/t16-,19-/m1/s1. The van der Waals surface area contributed by atoms with E-state index in [0.29, 0.717) is 24.3 Å². The zero-order valence-corrected chi connectivity index (χ0v) is 13.6. The number of hydrogen-bond donors (Lipinski definition) is 1. The largest absolute Gasteiger partial charge is 0.338 e. The Morgan fingerprint density at radius 3 is 2.76 bits per heavy atom. The third-order valence-electron chi connectivity index (χ3n) is 5.20. The van der Waals surface area contributed by atoms with Crippen molar-refractivity contribution in [2.75, 3.05) is 18.4 Å². The van der Waals surface area contributed by atoms with E-state index in [1.807, 2.05) is 0 Å². The van der Waals surface area contributed by atoms with Crippen LogP contribution in [0.2, 0.25) is 0 Å². The maximum Gasteiger partial charge on any atom is 0.253 e. The van der Waals surface area contributed by atoms with Gasteiger partial charge in [0, 0.05) is 36.2 Å². The van der Waals surface area contributed by atoms with Crippen LogP contribution in [0.1, 0.15) is 23.2 Å². The van der Waals surface area contributed by atoms with Crippen LogP contribution < -0.4 is 5.32 Å². The second-order valence-electron chi connectivity index (χ2n) is 6.83. The van der Waals surface area contributed by atoms with Crippen LogP contribution in [0.25, 0.3) is 0 Å². The summed E-state index contributed by atoms with van der Waals surface area (Å²) < 4.78 is 13.0. The van der Waals surface area contributed by atoms with Gasteiger partial charge in [0.15, 0.2) is 0 Å². The third-order valence-corrected chi connectivity index (χ3v) is 5.20. The predicted molar refractivity (Wildman–Crippen MR) is 90.3 cm³/mol. The van der Waals surface area contributed by atoms with Gasteiger partial charge in [0.1, 0.15) is 5.82 Å². The first kappa shape index (κ1) is 15.7. The highest BCUT2D eigenvalue weighted by molar-refractivity contribution is 5.96. The molecule has 1 saturated carbocycles. The number of amides is 2. The number of benzene rings is 1. The van der Waals surface area contributed by atoms with Gasteiger partial charge in [-0.15, -0.1) is 0 Å². The van der Waals surface area contributed by atoms with Gasteiger partial charge in [0.05, 0.1) is 11.9 Å². The molecule has 6 heteroatoms. The van der Waals surface area contributed by atoms with Crippen molar-refractivity contribution in [3.8, 4) is 0 Å².